The third kappa shape index (κ3) is 3.96. The van der Waals surface area contributed by atoms with Crippen LogP contribution in [0.15, 0.2) is 41.5 Å². The number of dihydropyridines is 1. The Bertz CT molecular complexity index is 881. The number of hydrogen-bond donors (Lipinski definition) is 1. The van der Waals surface area contributed by atoms with Crippen molar-refractivity contribution in [1.29, 1.82) is 0 Å². The Morgan fingerprint density at radius 2 is 2.11 bits per heavy atom. The molecule has 2 aromatic rings. The largest absolute Gasteiger partial charge is 0.481 e. The van der Waals surface area contributed by atoms with Crippen molar-refractivity contribution in [3.8, 4) is 11.6 Å². The van der Waals surface area contributed by atoms with Crippen LogP contribution in [0, 0.1) is 0 Å². The van der Waals surface area contributed by atoms with Gasteiger partial charge in [0.15, 0.2) is 5.69 Å². The summed E-state index contributed by atoms with van der Waals surface area (Å²) in [7, 11) is 1.58. The lowest BCUT2D eigenvalue weighted by atomic mass is 10.1. The van der Waals surface area contributed by atoms with E-state index in [2.05, 4.69) is 26.6 Å². The quantitative estimate of drug-likeness (QED) is 0.861. The van der Waals surface area contributed by atoms with E-state index in [1.54, 1.807) is 30.3 Å². The molecule has 2 aliphatic rings. The van der Waals surface area contributed by atoms with Crippen molar-refractivity contribution in [3.05, 3.63) is 47.9 Å². The highest BCUT2D eigenvalue weighted by molar-refractivity contribution is 5.92. The van der Waals surface area contributed by atoms with E-state index in [4.69, 9.17) is 4.74 Å². The molecule has 1 N–H and O–H groups in total. The van der Waals surface area contributed by atoms with Crippen molar-refractivity contribution in [1.82, 2.24) is 25.2 Å². The van der Waals surface area contributed by atoms with E-state index in [0.29, 0.717) is 11.6 Å². The van der Waals surface area contributed by atoms with E-state index >= 15 is 0 Å². The predicted molar refractivity (Wildman–Crippen MR) is 106 cm³/mol. The zero-order valence-electron chi connectivity index (χ0n) is 15.9. The van der Waals surface area contributed by atoms with Crippen LogP contribution >= 0.6 is 0 Å². The highest BCUT2D eigenvalue weighted by atomic mass is 16.5. The van der Waals surface area contributed by atoms with Gasteiger partial charge in [-0.25, -0.2) is 14.7 Å². The van der Waals surface area contributed by atoms with E-state index < -0.39 is 0 Å². The third-order valence-corrected chi connectivity index (χ3v) is 4.95. The number of carbonyl (C=O) groups excluding carboxylic acids is 1. The number of nitrogens with zero attached hydrogens (tertiary/aromatic N) is 5. The summed E-state index contributed by atoms with van der Waals surface area (Å²) in [6.45, 7) is 1.75. The summed E-state index contributed by atoms with van der Waals surface area (Å²) in [6, 6.07) is 5.39. The topological polar surface area (TPSA) is 84.6 Å². The van der Waals surface area contributed by atoms with Crippen LogP contribution in [-0.2, 0) is 0 Å². The number of hydrogen-bond acceptors (Lipinski definition) is 6. The highest BCUT2D eigenvalue weighted by Gasteiger charge is 2.23. The Hall–Kier alpha value is -3.00. The average Bonchev–Trinajstić information content (AvgIpc) is 3.21. The maximum Gasteiger partial charge on any atom is 0.286 e. The molecule has 0 spiro atoms. The van der Waals surface area contributed by atoms with Gasteiger partial charge < -0.3 is 4.74 Å². The molecule has 8 heteroatoms. The van der Waals surface area contributed by atoms with Crippen LogP contribution in [0.2, 0.25) is 0 Å². The molecule has 0 aliphatic carbocycles. The van der Waals surface area contributed by atoms with Gasteiger partial charge in [0, 0.05) is 25.4 Å². The normalized spacial score (nSPS) is 19.5. The number of nitrogens with one attached hydrogen (secondary N) is 1. The maximum absolute atomic E-state index is 12.8. The number of aliphatic imine (C=N–C) groups is 1. The van der Waals surface area contributed by atoms with Gasteiger partial charge in [-0.2, -0.15) is 5.10 Å². The van der Waals surface area contributed by atoms with Gasteiger partial charge in [-0.1, -0.05) is 12.5 Å². The van der Waals surface area contributed by atoms with Gasteiger partial charge >= 0.3 is 0 Å². The first-order valence-corrected chi connectivity index (χ1v) is 9.59. The summed E-state index contributed by atoms with van der Waals surface area (Å²) in [5.41, 5.74) is 4.97. The fourth-order valence-corrected chi connectivity index (χ4v) is 3.46. The maximum atomic E-state index is 12.8. The lowest BCUT2D eigenvalue weighted by molar-refractivity contribution is 0.0744. The standard InChI is InChI=1S/C20H24N6O2/c1-28-19-9-8-15(14-22-19)26-18(16-7-3-4-10-21-16)13-17(23-26)20(27)24-25-11-5-2-6-12-25/h3-4,8-10,13-14,16H,2,5-7,11-12H2,1H3,(H,24,27). The van der Waals surface area contributed by atoms with Gasteiger partial charge in [0.1, 0.15) is 0 Å². The van der Waals surface area contributed by atoms with Crippen LogP contribution in [0.3, 0.4) is 0 Å². The van der Waals surface area contributed by atoms with E-state index in [0.717, 1.165) is 43.7 Å². The van der Waals surface area contributed by atoms with Crippen LogP contribution in [0.5, 0.6) is 5.88 Å². The number of piperidine rings is 1. The summed E-state index contributed by atoms with van der Waals surface area (Å²) in [5, 5.41) is 6.55. The molecule has 1 amide bonds. The van der Waals surface area contributed by atoms with Gasteiger partial charge in [0.05, 0.1) is 30.7 Å². The molecule has 28 heavy (non-hydrogen) atoms. The number of carbonyl (C=O) groups is 1. The van der Waals surface area contributed by atoms with E-state index in [-0.39, 0.29) is 11.9 Å². The number of methoxy groups -OCH3 is 1. The van der Waals surface area contributed by atoms with E-state index in [9.17, 15) is 4.79 Å². The van der Waals surface area contributed by atoms with E-state index in [1.165, 1.54) is 6.42 Å². The molecular formula is C20H24N6O2. The van der Waals surface area contributed by atoms with Crippen LogP contribution in [0.25, 0.3) is 5.69 Å². The minimum atomic E-state index is -0.196. The van der Waals surface area contributed by atoms with Gasteiger partial charge in [0.25, 0.3) is 5.91 Å². The Morgan fingerprint density at radius 3 is 2.79 bits per heavy atom. The van der Waals surface area contributed by atoms with Crippen molar-refractivity contribution in [3.63, 3.8) is 0 Å². The molecule has 4 rings (SSSR count). The first-order chi connectivity index (χ1) is 13.7. The van der Waals surface area contributed by atoms with Gasteiger partial charge in [-0.05, 0) is 37.5 Å². The molecular weight excluding hydrogens is 356 g/mol. The van der Waals surface area contributed by atoms with Crippen molar-refractivity contribution in [2.45, 2.75) is 31.7 Å². The summed E-state index contributed by atoms with van der Waals surface area (Å²) in [4.78, 5) is 21.6. The molecule has 8 nitrogen and oxygen atoms in total. The molecule has 1 unspecified atom stereocenters. The molecule has 0 saturated carbocycles. The molecule has 2 aromatic heterocycles. The number of hydrazine groups is 1. The second-order valence-corrected chi connectivity index (χ2v) is 6.89. The van der Waals surface area contributed by atoms with Gasteiger partial charge in [-0.15, -0.1) is 0 Å². The fraction of sp³-hybridized carbons (Fsp3) is 0.400. The smallest absolute Gasteiger partial charge is 0.286 e. The third-order valence-electron chi connectivity index (χ3n) is 4.95. The lowest BCUT2D eigenvalue weighted by Crippen LogP contribution is -2.45. The summed E-state index contributed by atoms with van der Waals surface area (Å²) in [5.74, 6) is 0.331. The summed E-state index contributed by atoms with van der Waals surface area (Å²) >= 11 is 0. The van der Waals surface area contributed by atoms with Crippen LogP contribution in [0.4, 0.5) is 0 Å². The number of rotatable bonds is 5. The molecule has 146 valence electrons. The number of amides is 1. The van der Waals surface area contributed by atoms with Crippen LogP contribution < -0.4 is 10.2 Å². The SMILES string of the molecule is COc1ccc(-n2nc(C(=O)NN3CCCCC3)cc2C2CC=CC=N2)cn1. The number of aromatic nitrogens is 3. The second kappa shape index (κ2) is 8.35. The molecule has 4 heterocycles. The minimum absolute atomic E-state index is 0.0869. The highest BCUT2D eigenvalue weighted by Crippen LogP contribution is 2.27. The zero-order chi connectivity index (χ0) is 19.3. The monoisotopic (exact) mass is 380 g/mol. The molecule has 1 atom stereocenters. The van der Waals surface area contributed by atoms with Crippen molar-refractivity contribution in [2.75, 3.05) is 20.2 Å². The molecule has 0 radical (unpaired) electrons. The first kappa shape index (κ1) is 18.4. The first-order valence-electron chi connectivity index (χ1n) is 9.59. The molecule has 0 bridgehead atoms. The summed E-state index contributed by atoms with van der Waals surface area (Å²) in [6.07, 6.45) is 11.6. The minimum Gasteiger partial charge on any atom is -0.481 e. The number of pyridine rings is 1. The fourth-order valence-electron chi connectivity index (χ4n) is 3.46. The Labute approximate surface area is 163 Å². The van der Waals surface area contributed by atoms with Crippen molar-refractivity contribution in [2.24, 2.45) is 4.99 Å². The Kier molecular flexibility index (Phi) is 5.48. The molecule has 0 aromatic carbocycles. The Morgan fingerprint density at radius 1 is 1.25 bits per heavy atom. The second-order valence-electron chi connectivity index (χ2n) is 6.89. The average molecular weight is 380 g/mol. The van der Waals surface area contributed by atoms with Gasteiger partial charge in [-0.3, -0.25) is 15.2 Å². The van der Waals surface area contributed by atoms with Gasteiger partial charge in [0.2, 0.25) is 5.88 Å². The van der Waals surface area contributed by atoms with Crippen molar-refractivity contribution < 1.29 is 9.53 Å². The van der Waals surface area contributed by atoms with Crippen LogP contribution in [-0.4, -0.2) is 52.1 Å². The van der Waals surface area contributed by atoms with Crippen molar-refractivity contribution >= 4 is 12.1 Å². The Balaban J connectivity index is 1.63. The molecule has 2 aliphatic heterocycles. The predicted octanol–water partition coefficient (Wildman–Crippen LogP) is 2.48. The molecule has 1 fully saturated rings. The number of ether oxygens (including phenoxy) is 1. The van der Waals surface area contributed by atoms with E-state index in [1.807, 2.05) is 23.2 Å². The van der Waals surface area contributed by atoms with Crippen LogP contribution in [0.1, 0.15) is 47.9 Å². The molecule has 1 saturated heterocycles. The number of allylic oxidation sites excluding steroid dienone is 1. The zero-order valence-corrected chi connectivity index (χ0v) is 15.9. The summed E-state index contributed by atoms with van der Waals surface area (Å²) < 4.78 is 6.89. The lowest BCUT2D eigenvalue weighted by Gasteiger charge is -2.26.